The SMILES string of the molecule is NC(CCC(=O)NC(CSCC(F)(F)F)C(=O)NCC(=O)O)C(=O)O. The fourth-order valence-corrected chi connectivity index (χ4v) is 2.26. The van der Waals surface area contributed by atoms with E-state index in [0.29, 0.717) is 11.8 Å². The van der Waals surface area contributed by atoms with Gasteiger partial charge >= 0.3 is 18.1 Å². The second-order valence-corrected chi connectivity index (χ2v) is 5.88. The molecule has 0 saturated heterocycles. The molecule has 0 fully saturated rings. The maximum atomic E-state index is 12.2. The number of thioether (sulfide) groups is 1. The predicted octanol–water partition coefficient (Wildman–Crippen LogP) is -0.840. The summed E-state index contributed by atoms with van der Waals surface area (Å²) in [6.45, 7) is -0.765. The van der Waals surface area contributed by atoms with E-state index in [0.717, 1.165) is 0 Å². The zero-order chi connectivity index (χ0) is 19.6. The topological polar surface area (TPSA) is 159 Å². The molecule has 6 N–H and O–H groups in total. The van der Waals surface area contributed by atoms with Crippen LogP contribution in [0.5, 0.6) is 0 Å². The Morgan fingerprint density at radius 2 is 1.76 bits per heavy atom. The normalized spacial score (nSPS) is 13.6. The summed E-state index contributed by atoms with van der Waals surface area (Å²) in [5.74, 6) is -6.15. The molecule has 0 aromatic rings. The Bertz CT molecular complexity index is 503. The van der Waals surface area contributed by atoms with Gasteiger partial charge in [-0.15, -0.1) is 11.8 Å². The van der Waals surface area contributed by atoms with Crippen LogP contribution in [0.4, 0.5) is 13.2 Å². The minimum Gasteiger partial charge on any atom is -0.480 e. The standard InChI is InChI=1S/C12H18F3N3O6S/c13-12(14,15)5-25-4-7(10(22)17-3-9(20)21)18-8(19)2-1-6(16)11(23)24/h6-7H,1-5,16H2,(H,17,22)(H,18,19)(H,20,21)(H,23,24). The second-order valence-electron chi connectivity index (χ2n) is 4.85. The number of nitrogens with two attached hydrogens (primary N) is 1. The molecule has 0 spiro atoms. The van der Waals surface area contributed by atoms with Crippen molar-refractivity contribution in [3.63, 3.8) is 0 Å². The molecule has 144 valence electrons. The maximum absolute atomic E-state index is 12.2. The van der Waals surface area contributed by atoms with Gasteiger partial charge in [-0.3, -0.25) is 19.2 Å². The van der Waals surface area contributed by atoms with Gasteiger partial charge in [-0.25, -0.2) is 0 Å². The van der Waals surface area contributed by atoms with Crippen LogP contribution >= 0.6 is 11.8 Å². The molecular formula is C12H18F3N3O6S. The molecule has 0 aromatic heterocycles. The third kappa shape index (κ3) is 12.1. The van der Waals surface area contributed by atoms with Gasteiger partial charge in [-0.1, -0.05) is 0 Å². The van der Waals surface area contributed by atoms with Crippen LogP contribution in [0, 0.1) is 0 Å². The molecule has 25 heavy (non-hydrogen) atoms. The quantitative estimate of drug-likeness (QED) is 0.306. The van der Waals surface area contributed by atoms with Crippen LogP contribution in [-0.4, -0.2) is 70.3 Å². The van der Waals surface area contributed by atoms with Crippen molar-refractivity contribution < 1.29 is 42.6 Å². The monoisotopic (exact) mass is 389 g/mol. The van der Waals surface area contributed by atoms with Crippen LogP contribution in [0.1, 0.15) is 12.8 Å². The van der Waals surface area contributed by atoms with Crippen molar-refractivity contribution in [1.29, 1.82) is 0 Å². The number of nitrogens with one attached hydrogen (secondary N) is 2. The lowest BCUT2D eigenvalue weighted by atomic mass is 10.1. The molecule has 0 aliphatic rings. The summed E-state index contributed by atoms with van der Waals surface area (Å²) in [5, 5.41) is 21.2. The first-order chi connectivity index (χ1) is 11.4. The lowest BCUT2D eigenvalue weighted by Crippen LogP contribution is -2.49. The lowest BCUT2D eigenvalue weighted by Gasteiger charge is -2.18. The van der Waals surface area contributed by atoms with Crippen molar-refractivity contribution in [3.05, 3.63) is 0 Å². The smallest absolute Gasteiger partial charge is 0.397 e. The molecule has 0 heterocycles. The van der Waals surface area contributed by atoms with Gasteiger partial charge in [0.05, 0.1) is 5.75 Å². The summed E-state index contributed by atoms with van der Waals surface area (Å²) in [5.41, 5.74) is 5.21. The number of rotatable bonds is 11. The molecular weight excluding hydrogens is 371 g/mol. The highest BCUT2D eigenvalue weighted by Crippen LogP contribution is 2.21. The number of amides is 2. The summed E-state index contributed by atoms with van der Waals surface area (Å²) in [6.07, 6.45) is -5.06. The number of carboxylic acid groups (broad SMARTS) is 2. The Hall–Kier alpha value is -2.02. The first kappa shape index (κ1) is 23.0. The summed E-state index contributed by atoms with van der Waals surface area (Å²) in [4.78, 5) is 44.4. The molecule has 2 amide bonds. The van der Waals surface area contributed by atoms with E-state index in [1.165, 1.54) is 0 Å². The highest BCUT2D eigenvalue weighted by atomic mass is 32.2. The van der Waals surface area contributed by atoms with Crippen LogP contribution < -0.4 is 16.4 Å². The van der Waals surface area contributed by atoms with E-state index in [-0.39, 0.29) is 12.8 Å². The Balaban J connectivity index is 4.64. The first-order valence-corrected chi connectivity index (χ1v) is 7.99. The zero-order valence-electron chi connectivity index (χ0n) is 12.8. The van der Waals surface area contributed by atoms with Gasteiger partial charge < -0.3 is 26.6 Å². The Morgan fingerprint density at radius 3 is 2.24 bits per heavy atom. The second kappa shape index (κ2) is 10.8. The number of hydrogen-bond acceptors (Lipinski definition) is 6. The summed E-state index contributed by atoms with van der Waals surface area (Å²) in [7, 11) is 0. The average molecular weight is 389 g/mol. The third-order valence-corrected chi connectivity index (χ3v) is 3.72. The van der Waals surface area contributed by atoms with Gasteiger partial charge in [-0.2, -0.15) is 13.2 Å². The summed E-state index contributed by atoms with van der Waals surface area (Å²) in [6, 6.07) is -2.70. The number of aliphatic carboxylic acids is 2. The molecule has 0 saturated carbocycles. The largest absolute Gasteiger partial charge is 0.480 e. The summed E-state index contributed by atoms with van der Waals surface area (Å²) < 4.78 is 36.5. The van der Waals surface area contributed by atoms with Crippen molar-refractivity contribution in [2.75, 3.05) is 18.1 Å². The number of alkyl halides is 3. The number of carboxylic acids is 2. The third-order valence-electron chi connectivity index (χ3n) is 2.62. The van der Waals surface area contributed by atoms with E-state index >= 15 is 0 Å². The summed E-state index contributed by atoms with van der Waals surface area (Å²) >= 11 is 0.335. The molecule has 2 atom stereocenters. The molecule has 0 radical (unpaired) electrons. The molecule has 0 rings (SSSR count). The van der Waals surface area contributed by atoms with Gasteiger partial charge in [0.1, 0.15) is 18.6 Å². The van der Waals surface area contributed by atoms with Gasteiger partial charge in [0, 0.05) is 12.2 Å². The van der Waals surface area contributed by atoms with Crippen molar-refractivity contribution in [3.8, 4) is 0 Å². The van der Waals surface area contributed by atoms with Crippen molar-refractivity contribution in [2.45, 2.75) is 31.1 Å². The Morgan fingerprint density at radius 1 is 1.16 bits per heavy atom. The number of carbonyl (C=O) groups is 4. The maximum Gasteiger partial charge on any atom is 0.397 e. The van der Waals surface area contributed by atoms with Crippen LogP contribution in [-0.2, 0) is 19.2 Å². The van der Waals surface area contributed by atoms with E-state index in [1.54, 1.807) is 0 Å². The molecule has 0 aliphatic heterocycles. The van der Waals surface area contributed by atoms with Gasteiger partial charge in [0.2, 0.25) is 11.8 Å². The lowest BCUT2D eigenvalue weighted by molar-refractivity contribution is -0.139. The molecule has 13 heteroatoms. The molecule has 0 aromatic carbocycles. The van der Waals surface area contributed by atoms with Crippen LogP contribution in [0.3, 0.4) is 0 Å². The first-order valence-electron chi connectivity index (χ1n) is 6.84. The molecule has 9 nitrogen and oxygen atoms in total. The number of halogens is 3. The highest BCUT2D eigenvalue weighted by molar-refractivity contribution is 7.99. The van der Waals surface area contributed by atoms with Gasteiger partial charge in [0.15, 0.2) is 0 Å². The van der Waals surface area contributed by atoms with Crippen molar-refractivity contribution >= 4 is 35.5 Å². The molecule has 2 unspecified atom stereocenters. The van der Waals surface area contributed by atoms with E-state index in [1.807, 2.05) is 5.32 Å². The van der Waals surface area contributed by atoms with E-state index in [9.17, 15) is 32.3 Å². The van der Waals surface area contributed by atoms with Gasteiger partial charge in [0.25, 0.3) is 0 Å². The number of hydrogen-bond donors (Lipinski definition) is 5. The average Bonchev–Trinajstić information content (AvgIpc) is 2.47. The van der Waals surface area contributed by atoms with Crippen LogP contribution in [0.25, 0.3) is 0 Å². The highest BCUT2D eigenvalue weighted by Gasteiger charge is 2.29. The minimum absolute atomic E-state index is 0.236. The van der Waals surface area contributed by atoms with Crippen molar-refractivity contribution in [2.24, 2.45) is 5.73 Å². The Labute approximate surface area is 144 Å². The fraction of sp³-hybridized carbons (Fsp3) is 0.667. The van der Waals surface area contributed by atoms with E-state index in [2.05, 4.69) is 5.32 Å². The fourth-order valence-electron chi connectivity index (χ4n) is 1.44. The Kier molecular flexibility index (Phi) is 9.89. The van der Waals surface area contributed by atoms with E-state index in [4.69, 9.17) is 15.9 Å². The number of carbonyl (C=O) groups excluding carboxylic acids is 2. The van der Waals surface area contributed by atoms with Gasteiger partial charge in [-0.05, 0) is 6.42 Å². The van der Waals surface area contributed by atoms with Crippen LogP contribution in [0.2, 0.25) is 0 Å². The molecule has 0 aliphatic carbocycles. The minimum atomic E-state index is -4.47. The van der Waals surface area contributed by atoms with E-state index < -0.39 is 60.1 Å². The molecule has 0 bridgehead atoms. The van der Waals surface area contributed by atoms with Crippen molar-refractivity contribution in [1.82, 2.24) is 10.6 Å². The predicted molar refractivity (Wildman–Crippen MR) is 80.8 cm³/mol. The van der Waals surface area contributed by atoms with Crippen LogP contribution in [0.15, 0.2) is 0 Å². The zero-order valence-corrected chi connectivity index (χ0v) is 13.7.